The van der Waals surface area contributed by atoms with E-state index in [1.807, 2.05) is 0 Å². The van der Waals surface area contributed by atoms with E-state index in [0.717, 1.165) is 54.1 Å². The van der Waals surface area contributed by atoms with E-state index in [-0.39, 0.29) is 6.10 Å². The van der Waals surface area contributed by atoms with Crippen LogP contribution in [0.15, 0.2) is 42.5 Å². The lowest BCUT2D eigenvalue weighted by Gasteiger charge is -2.22. The minimum atomic E-state index is 0.0787. The van der Waals surface area contributed by atoms with Gasteiger partial charge in [-0.1, -0.05) is 44.2 Å². The van der Waals surface area contributed by atoms with Gasteiger partial charge in [0, 0.05) is 17.3 Å². The van der Waals surface area contributed by atoms with Crippen molar-refractivity contribution in [3.05, 3.63) is 76.0 Å². The van der Waals surface area contributed by atoms with Crippen LogP contribution in [0.4, 0.5) is 0 Å². The Hall–Kier alpha value is -2.81. The molecular weight excluding hydrogens is 406 g/mol. The van der Waals surface area contributed by atoms with E-state index in [9.17, 15) is 0 Å². The zero-order valence-electron chi connectivity index (χ0n) is 20.8. The van der Waals surface area contributed by atoms with E-state index in [1.165, 1.54) is 40.7 Å². The summed E-state index contributed by atoms with van der Waals surface area (Å²) in [6.45, 7) is 11.1. The van der Waals surface area contributed by atoms with Gasteiger partial charge in [-0.25, -0.2) is 0 Å². The smallest absolute Gasteiger partial charge is 0.130 e. The topological polar surface area (TPSA) is 31.4 Å². The summed E-state index contributed by atoms with van der Waals surface area (Å²) < 4.78 is 12.7. The molecule has 2 aromatic carbocycles. The van der Waals surface area contributed by atoms with Crippen LogP contribution >= 0.6 is 0 Å². The van der Waals surface area contributed by atoms with Gasteiger partial charge in [0.25, 0.3) is 0 Å². The van der Waals surface area contributed by atoms with E-state index < -0.39 is 0 Å². The Balaban J connectivity index is 1.72. The molecule has 0 bridgehead atoms. The first-order valence-corrected chi connectivity index (χ1v) is 12.5. The minimum Gasteiger partial charge on any atom is -0.490 e. The first kappa shape index (κ1) is 23.4. The van der Waals surface area contributed by atoms with Gasteiger partial charge in [0.15, 0.2) is 0 Å². The number of pyridine rings is 1. The SMILES string of the molecule is CCc1cccc(CC)c1-c1cc(OC(C)C)c(COc2cccc3c2CCCC3)c(C)n1. The van der Waals surface area contributed by atoms with Gasteiger partial charge in [-0.3, -0.25) is 4.98 Å². The molecule has 174 valence electrons. The van der Waals surface area contributed by atoms with Gasteiger partial charge in [-0.15, -0.1) is 0 Å². The number of benzene rings is 2. The van der Waals surface area contributed by atoms with Gasteiger partial charge in [0.05, 0.1) is 17.4 Å². The normalized spacial score (nSPS) is 13.2. The Morgan fingerprint density at radius 3 is 2.30 bits per heavy atom. The van der Waals surface area contributed by atoms with E-state index in [0.29, 0.717) is 6.61 Å². The molecule has 0 spiro atoms. The van der Waals surface area contributed by atoms with Crippen LogP contribution < -0.4 is 9.47 Å². The minimum absolute atomic E-state index is 0.0787. The highest BCUT2D eigenvalue weighted by atomic mass is 16.5. The van der Waals surface area contributed by atoms with Crippen LogP contribution in [0.3, 0.4) is 0 Å². The van der Waals surface area contributed by atoms with Gasteiger partial charge in [-0.05, 0) is 87.6 Å². The molecule has 33 heavy (non-hydrogen) atoms. The van der Waals surface area contributed by atoms with Crippen LogP contribution in [-0.4, -0.2) is 11.1 Å². The quantitative estimate of drug-likeness (QED) is 0.363. The first-order valence-electron chi connectivity index (χ1n) is 12.5. The summed E-state index contributed by atoms with van der Waals surface area (Å²) in [7, 11) is 0. The Bertz CT molecular complexity index is 1090. The van der Waals surface area contributed by atoms with E-state index in [2.05, 4.69) is 77.1 Å². The van der Waals surface area contributed by atoms with Crippen molar-refractivity contribution in [3.63, 3.8) is 0 Å². The fourth-order valence-corrected chi connectivity index (χ4v) is 4.94. The molecule has 0 N–H and O–H groups in total. The number of nitrogens with zero attached hydrogens (tertiary/aromatic N) is 1. The summed E-state index contributed by atoms with van der Waals surface area (Å²) in [5, 5.41) is 0. The van der Waals surface area contributed by atoms with Crippen LogP contribution in [-0.2, 0) is 32.3 Å². The van der Waals surface area contributed by atoms with E-state index in [4.69, 9.17) is 14.5 Å². The van der Waals surface area contributed by atoms with Gasteiger partial charge < -0.3 is 9.47 Å². The lowest BCUT2D eigenvalue weighted by atomic mass is 9.91. The van der Waals surface area contributed by atoms with Crippen molar-refractivity contribution in [1.82, 2.24) is 4.98 Å². The predicted octanol–water partition coefficient (Wildman–Crippen LogP) is 7.43. The molecule has 0 unspecified atom stereocenters. The molecular formula is C30H37NO2. The number of rotatable bonds is 8. The number of hydrogen-bond donors (Lipinski definition) is 0. The van der Waals surface area contributed by atoms with Crippen molar-refractivity contribution in [1.29, 1.82) is 0 Å². The van der Waals surface area contributed by atoms with Gasteiger partial charge in [0.2, 0.25) is 0 Å². The predicted molar refractivity (Wildman–Crippen MR) is 136 cm³/mol. The average Bonchev–Trinajstić information content (AvgIpc) is 2.82. The largest absolute Gasteiger partial charge is 0.490 e. The van der Waals surface area contributed by atoms with E-state index in [1.54, 1.807) is 0 Å². The second-order valence-electron chi connectivity index (χ2n) is 9.28. The number of aromatic nitrogens is 1. The maximum Gasteiger partial charge on any atom is 0.130 e. The Morgan fingerprint density at radius 1 is 0.909 bits per heavy atom. The fraction of sp³-hybridized carbons (Fsp3) is 0.433. The molecule has 3 aromatic rings. The third-order valence-electron chi connectivity index (χ3n) is 6.63. The van der Waals surface area contributed by atoms with Crippen molar-refractivity contribution in [2.75, 3.05) is 0 Å². The molecule has 3 nitrogen and oxygen atoms in total. The summed E-state index contributed by atoms with van der Waals surface area (Å²) in [5.74, 6) is 1.89. The molecule has 0 aliphatic heterocycles. The van der Waals surface area contributed by atoms with Crippen molar-refractivity contribution in [3.8, 4) is 22.8 Å². The Labute approximate surface area is 199 Å². The lowest BCUT2D eigenvalue weighted by Crippen LogP contribution is -2.12. The summed E-state index contributed by atoms with van der Waals surface area (Å²) in [6, 6.07) is 15.2. The Morgan fingerprint density at radius 2 is 1.61 bits per heavy atom. The van der Waals surface area contributed by atoms with Crippen molar-refractivity contribution in [2.45, 2.75) is 85.9 Å². The molecule has 0 fully saturated rings. The molecule has 0 atom stereocenters. The molecule has 0 saturated carbocycles. The van der Waals surface area contributed by atoms with Crippen LogP contribution in [0.1, 0.15) is 74.0 Å². The van der Waals surface area contributed by atoms with Crippen molar-refractivity contribution < 1.29 is 9.47 Å². The summed E-state index contributed by atoms with van der Waals surface area (Å²) in [4.78, 5) is 5.07. The number of hydrogen-bond acceptors (Lipinski definition) is 3. The zero-order valence-corrected chi connectivity index (χ0v) is 20.8. The third kappa shape index (κ3) is 5.08. The van der Waals surface area contributed by atoms with Gasteiger partial charge in [-0.2, -0.15) is 0 Å². The van der Waals surface area contributed by atoms with Crippen LogP contribution in [0.25, 0.3) is 11.3 Å². The molecule has 0 radical (unpaired) electrons. The second kappa shape index (κ2) is 10.4. The number of aryl methyl sites for hydroxylation is 4. The van der Waals surface area contributed by atoms with Gasteiger partial charge >= 0.3 is 0 Å². The number of ether oxygens (including phenoxy) is 2. The van der Waals surface area contributed by atoms with Crippen LogP contribution in [0.5, 0.6) is 11.5 Å². The molecule has 1 heterocycles. The van der Waals surface area contributed by atoms with E-state index >= 15 is 0 Å². The van der Waals surface area contributed by atoms with Crippen LogP contribution in [0.2, 0.25) is 0 Å². The highest BCUT2D eigenvalue weighted by molar-refractivity contribution is 5.70. The maximum atomic E-state index is 6.41. The number of fused-ring (bicyclic) bond motifs is 1. The van der Waals surface area contributed by atoms with Crippen molar-refractivity contribution >= 4 is 0 Å². The molecule has 1 aliphatic rings. The molecule has 0 saturated heterocycles. The summed E-state index contributed by atoms with van der Waals surface area (Å²) in [5.41, 5.74) is 9.73. The standard InChI is InChI=1S/C30H37NO2/c1-6-22-13-10-14-23(7-2)30(22)27-18-29(33-20(3)4)26(21(5)31-27)19-32-28-17-11-15-24-12-8-9-16-25(24)28/h10-11,13-15,17-18,20H,6-9,12,16,19H2,1-5H3. The lowest BCUT2D eigenvalue weighted by molar-refractivity contribution is 0.229. The molecule has 1 aromatic heterocycles. The summed E-state index contributed by atoms with van der Waals surface area (Å²) in [6.07, 6.45) is 6.80. The van der Waals surface area contributed by atoms with Crippen LogP contribution in [0, 0.1) is 6.92 Å². The molecule has 3 heteroatoms. The molecule has 0 amide bonds. The monoisotopic (exact) mass is 443 g/mol. The first-order chi connectivity index (χ1) is 16.0. The highest BCUT2D eigenvalue weighted by Gasteiger charge is 2.19. The zero-order chi connectivity index (χ0) is 23.4. The summed E-state index contributed by atoms with van der Waals surface area (Å²) >= 11 is 0. The fourth-order valence-electron chi connectivity index (χ4n) is 4.94. The molecule has 4 rings (SSSR count). The van der Waals surface area contributed by atoms with Gasteiger partial charge in [0.1, 0.15) is 18.1 Å². The Kier molecular flexibility index (Phi) is 7.37. The maximum absolute atomic E-state index is 6.41. The second-order valence-corrected chi connectivity index (χ2v) is 9.28. The molecule has 1 aliphatic carbocycles. The highest BCUT2D eigenvalue weighted by Crippen LogP contribution is 2.35. The average molecular weight is 444 g/mol. The third-order valence-corrected chi connectivity index (χ3v) is 6.63. The van der Waals surface area contributed by atoms with Crippen molar-refractivity contribution in [2.24, 2.45) is 0 Å².